The van der Waals surface area contributed by atoms with Crippen LogP contribution in [0.2, 0.25) is 0 Å². The van der Waals surface area contributed by atoms with Gasteiger partial charge in [-0.15, -0.1) is 0 Å². The van der Waals surface area contributed by atoms with Gasteiger partial charge in [0.1, 0.15) is 24.4 Å². The number of ether oxygens (including phenoxy) is 3. The van der Waals surface area contributed by atoms with Crippen LogP contribution < -0.4 is 0 Å². The Labute approximate surface area is 111 Å². The summed E-state index contributed by atoms with van der Waals surface area (Å²) in [5, 5.41) is 19.8. The molecule has 0 spiro atoms. The zero-order valence-corrected chi connectivity index (χ0v) is 11.7. The van der Waals surface area contributed by atoms with Crippen LogP contribution in [-0.2, 0) is 28.5 Å². The third-order valence-electron chi connectivity index (χ3n) is 2.88. The summed E-state index contributed by atoms with van der Waals surface area (Å²) >= 11 is 0. The number of fused-ring (bicyclic) bond motifs is 1. The molecule has 0 aromatic carbocycles. The van der Waals surface area contributed by atoms with Gasteiger partial charge in [0.25, 0.3) is 10.1 Å². The number of hydrogen-bond acceptors (Lipinski definition) is 8. The van der Waals surface area contributed by atoms with Crippen molar-refractivity contribution in [3.8, 4) is 0 Å². The highest BCUT2D eigenvalue weighted by Crippen LogP contribution is 2.38. The fourth-order valence-electron chi connectivity index (χ4n) is 2.12. The first-order valence-electron chi connectivity index (χ1n) is 5.81. The molecule has 0 aliphatic carbocycles. The van der Waals surface area contributed by atoms with E-state index in [-0.39, 0.29) is 0 Å². The molecule has 2 fully saturated rings. The number of rotatable bonds is 4. The summed E-state index contributed by atoms with van der Waals surface area (Å²) in [5.41, 5.74) is 0. The van der Waals surface area contributed by atoms with E-state index in [4.69, 9.17) is 14.2 Å². The van der Waals surface area contributed by atoms with Gasteiger partial charge in [-0.2, -0.15) is 8.42 Å². The van der Waals surface area contributed by atoms with E-state index >= 15 is 0 Å². The first kappa shape index (κ1) is 15.1. The monoisotopic (exact) mass is 298 g/mol. The Bertz CT molecular complexity index is 433. The van der Waals surface area contributed by atoms with Crippen molar-refractivity contribution < 1.29 is 37.0 Å². The second-order valence-corrected chi connectivity index (χ2v) is 6.76. The van der Waals surface area contributed by atoms with Crippen molar-refractivity contribution in [2.45, 2.75) is 50.3 Å². The van der Waals surface area contributed by atoms with Crippen LogP contribution in [-0.4, -0.2) is 68.0 Å². The zero-order chi connectivity index (χ0) is 14.4. The highest BCUT2D eigenvalue weighted by atomic mass is 32.2. The summed E-state index contributed by atoms with van der Waals surface area (Å²) < 4.78 is 42.3. The molecule has 2 aliphatic rings. The Morgan fingerprint density at radius 1 is 1.37 bits per heavy atom. The Hall–Kier alpha value is -0.290. The van der Waals surface area contributed by atoms with Gasteiger partial charge in [0, 0.05) is 0 Å². The zero-order valence-electron chi connectivity index (χ0n) is 10.8. The lowest BCUT2D eigenvalue weighted by molar-refractivity contribution is -0.226. The van der Waals surface area contributed by atoms with E-state index in [1.807, 2.05) is 0 Å². The first-order valence-corrected chi connectivity index (χ1v) is 7.62. The molecule has 9 heteroatoms. The molecule has 0 bridgehead atoms. The van der Waals surface area contributed by atoms with Gasteiger partial charge in [-0.25, -0.2) is 0 Å². The molecule has 0 saturated carbocycles. The van der Waals surface area contributed by atoms with E-state index in [2.05, 4.69) is 4.18 Å². The summed E-state index contributed by atoms with van der Waals surface area (Å²) in [7, 11) is -3.66. The second-order valence-electron chi connectivity index (χ2n) is 5.12. The minimum absolute atomic E-state index is 0.497. The van der Waals surface area contributed by atoms with Gasteiger partial charge < -0.3 is 24.4 Å². The van der Waals surface area contributed by atoms with Gasteiger partial charge in [-0.3, -0.25) is 4.18 Å². The molecule has 0 unspecified atom stereocenters. The Morgan fingerprint density at radius 3 is 2.53 bits per heavy atom. The molecule has 2 rings (SSSR count). The summed E-state index contributed by atoms with van der Waals surface area (Å²) in [6.07, 6.45) is -4.08. The largest absolute Gasteiger partial charge is 0.388 e. The molecule has 2 N–H and O–H groups in total. The highest BCUT2D eigenvalue weighted by Gasteiger charge is 2.55. The number of aliphatic hydroxyl groups is 2. The molecule has 112 valence electrons. The van der Waals surface area contributed by atoms with Gasteiger partial charge in [-0.1, -0.05) is 0 Å². The third kappa shape index (κ3) is 3.43. The van der Waals surface area contributed by atoms with Crippen LogP contribution in [0.3, 0.4) is 0 Å². The maximum Gasteiger partial charge on any atom is 0.264 e. The van der Waals surface area contributed by atoms with Crippen LogP contribution in [0.1, 0.15) is 13.8 Å². The smallest absolute Gasteiger partial charge is 0.264 e. The van der Waals surface area contributed by atoms with Crippen LogP contribution in [0, 0.1) is 0 Å². The molecule has 0 radical (unpaired) electrons. The Morgan fingerprint density at radius 2 is 2.00 bits per heavy atom. The van der Waals surface area contributed by atoms with Crippen molar-refractivity contribution in [2.24, 2.45) is 0 Å². The van der Waals surface area contributed by atoms with E-state index < -0.39 is 53.2 Å². The van der Waals surface area contributed by atoms with Gasteiger partial charge in [0.15, 0.2) is 12.1 Å². The van der Waals surface area contributed by atoms with Crippen molar-refractivity contribution in [1.29, 1.82) is 0 Å². The van der Waals surface area contributed by atoms with E-state index in [9.17, 15) is 18.6 Å². The highest BCUT2D eigenvalue weighted by molar-refractivity contribution is 7.85. The standard InChI is InChI=1S/C10H18O8S/c1-10(2)17-8-6(12)7(16-9(8)18-10)5(11)4-15-19(3,13)14/h5-9,11-12H,4H2,1-3H3/t5-,6-,7+,8+,9+/m0/s1. The van der Waals surface area contributed by atoms with Crippen molar-refractivity contribution >= 4 is 10.1 Å². The fourth-order valence-corrected chi connectivity index (χ4v) is 2.51. The van der Waals surface area contributed by atoms with E-state index in [1.54, 1.807) is 13.8 Å². The first-order chi connectivity index (χ1) is 8.59. The van der Waals surface area contributed by atoms with E-state index in [0.717, 1.165) is 6.26 Å². The van der Waals surface area contributed by atoms with Gasteiger partial charge >= 0.3 is 0 Å². The van der Waals surface area contributed by atoms with Crippen LogP contribution in [0.15, 0.2) is 0 Å². The predicted octanol–water partition coefficient (Wildman–Crippen LogP) is -1.44. The van der Waals surface area contributed by atoms with Crippen molar-refractivity contribution in [3.05, 3.63) is 0 Å². The average molecular weight is 298 g/mol. The van der Waals surface area contributed by atoms with E-state index in [0.29, 0.717) is 0 Å². The summed E-state index contributed by atoms with van der Waals surface area (Å²) in [6.45, 7) is 2.86. The molecule has 19 heavy (non-hydrogen) atoms. The SMILES string of the molecule is CC1(C)O[C@H]2O[C@H]([C@@H](O)COS(C)(=O)=O)[C@H](O)[C@H]2O1. The topological polar surface area (TPSA) is 112 Å². The molecule has 2 heterocycles. The molecule has 0 aromatic rings. The minimum atomic E-state index is -3.66. The summed E-state index contributed by atoms with van der Waals surface area (Å²) in [5.74, 6) is -0.866. The lowest BCUT2D eigenvalue weighted by Crippen LogP contribution is -2.43. The maximum atomic E-state index is 10.8. The Balaban J connectivity index is 1.94. The predicted molar refractivity (Wildman–Crippen MR) is 61.5 cm³/mol. The van der Waals surface area contributed by atoms with Gasteiger partial charge in [0.05, 0.1) is 12.9 Å². The average Bonchev–Trinajstić information content (AvgIpc) is 2.69. The maximum absolute atomic E-state index is 10.8. The molecule has 2 saturated heterocycles. The molecule has 8 nitrogen and oxygen atoms in total. The van der Waals surface area contributed by atoms with Crippen molar-refractivity contribution in [3.63, 3.8) is 0 Å². The molecule has 0 aromatic heterocycles. The van der Waals surface area contributed by atoms with Gasteiger partial charge in [-0.05, 0) is 13.8 Å². The van der Waals surface area contributed by atoms with Gasteiger partial charge in [0.2, 0.25) is 0 Å². The quantitative estimate of drug-likeness (QED) is 0.607. The molecule has 5 atom stereocenters. The number of hydrogen-bond donors (Lipinski definition) is 2. The molecule has 2 aliphatic heterocycles. The number of aliphatic hydroxyl groups excluding tert-OH is 2. The third-order valence-corrected chi connectivity index (χ3v) is 3.45. The van der Waals surface area contributed by atoms with Crippen LogP contribution in [0.25, 0.3) is 0 Å². The second kappa shape index (κ2) is 4.92. The molecular weight excluding hydrogens is 280 g/mol. The van der Waals surface area contributed by atoms with Crippen LogP contribution >= 0.6 is 0 Å². The minimum Gasteiger partial charge on any atom is -0.388 e. The normalized spacial score (nSPS) is 39.2. The van der Waals surface area contributed by atoms with E-state index in [1.165, 1.54) is 0 Å². The van der Waals surface area contributed by atoms with Crippen LogP contribution in [0.4, 0.5) is 0 Å². The Kier molecular flexibility index (Phi) is 3.91. The van der Waals surface area contributed by atoms with Crippen molar-refractivity contribution in [1.82, 2.24) is 0 Å². The van der Waals surface area contributed by atoms with Crippen LogP contribution in [0.5, 0.6) is 0 Å². The summed E-state index contributed by atoms with van der Waals surface area (Å²) in [6, 6.07) is 0. The molecule has 0 amide bonds. The summed E-state index contributed by atoms with van der Waals surface area (Å²) in [4.78, 5) is 0. The lowest BCUT2D eigenvalue weighted by atomic mass is 10.1. The van der Waals surface area contributed by atoms with Crippen molar-refractivity contribution in [2.75, 3.05) is 12.9 Å². The fraction of sp³-hybridized carbons (Fsp3) is 1.00. The molecular formula is C10H18O8S. The lowest BCUT2D eigenvalue weighted by Gasteiger charge is -2.25.